The predicted molar refractivity (Wildman–Crippen MR) is 82.7 cm³/mol. The molecule has 0 unspecified atom stereocenters. The molecule has 0 spiro atoms. The number of aromatic nitrogens is 2. The summed E-state index contributed by atoms with van der Waals surface area (Å²) in [5.41, 5.74) is 4.98. The predicted octanol–water partition coefficient (Wildman–Crippen LogP) is 0.146. The molecule has 1 fully saturated rings. The van der Waals surface area contributed by atoms with Crippen LogP contribution in [0.5, 0.6) is 0 Å². The topological polar surface area (TPSA) is 125 Å². The number of rotatable bonds is 5. The van der Waals surface area contributed by atoms with E-state index in [1.807, 2.05) is 0 Å². The number of sulfonamides is 1. The number of primary amides is 1. The molecule has 9 nitrogen and oxygen atoms in total. The van der Waals surface area contributed by atoms with Crippen molar-refractivity contribution < 1.29 is 22.7 Å². The molecule has 23 heavy (non-hydrogen) atoms. The van der Waals surface area contributed by atoms with Crippen LogP contribution in [-0.2, 0) is 19.5 Å². The van der Waals surface area contributed by atoms with Crippen LogP contribution < -0.4 is 10.0 Å². The summed E-state index contributed by atoms with van der Waals surface area (Å²) in [7, 11) is -3.71. The molecule has 2 heterocycles. The van der Waals surface area contributed by atoms with Gasteiger partial charge in [-0.2, -0.15) is 4.98 Å². The second-order valence-corrected chi connectivity index (χ2v) is 7.73. The number of amides is 1. The maximum absolute atomic E-state index is 12.1. The molecule has 0 saturated carbocycles. The lowest BCUT2D eigenvalue weighted by Gasteiger charge is -2.25. The number of ether oxygens (including phenoxy) is 2. The zero-order valence-corrected chi connectivity index (χ0v) is 14.4. The minimum atomic E-state index is -3.71. The van der Waals surface area contributed by atoms with Gasteiger partial charge >= 0.3 is 0 Å². The Balaban J connectivity index is 2.35. The van der Waals surface area contributed by atoms with E-state index in [2.05, 4.69) is 9.97 Å². The summed E-state index contributed by atoms with van der Waals surface area (Å²) < 4.78 is 36.2. The summed E-state index contributed by atoms with van der Waals surface area (Å²) >= 11 is 5.74. The Kier molecular flexibility index (Phi) is 4.81. The van der Waals surface area contributed by atoms with Gasteiger partial charge in [0, 0.05) is 6.07 Å². The Hall–Kier alpha value is -1.49. The molecule has 0 radical (unpaired) electrons. The van der Waals surface area contributed by atoms with Gasteiger partial charge in [0.25, 0.3) is 5.91 Å². The molecular formula is C12H17ClN4O5S. The fraction of sp³-hybridized carbons (Fsp3) is 0.583. The largest absolute Gasteiger partial charge is 0.364 e. The normalized spacial score (nSPS) is 20.4. The highest BCUT2D eigenvalue weighted by molar-refractivity contribution is 7.92. The first-order chi connectivity index (χ1) is 10.5. The third-order valence-corrected chi connectivity index (χ3v) is 4.34. The van der Waals surface area contributed by atoms with Crippen LogP contribution in [0.4, 0.5) is 5.82 Å². The molecule has 0 aliphatic carbocycles. The second kappa shape index (κ2) is 6.19. The summed E-state index contributed by atoms with van der Waals surface area (Å²) in [6, 6.07) is 1.16. The molecular weight excluding hydrogens is 348 g/mol. The monoisotopic (exact) mass is 364 g/mol. The number of nitrogens with zero attached hydrogens (tertiary/aromatic N) is 3. The van der Waals surface area contributed by atoms with Crippen molar-refractivity contribution in [1.82, 2.24) is 9.97 Å². The van der Waals surface area contributed by atoms with E-state index in [0.717, 1.165) is 16.6 Å². The quantitative estimate of drug-likeness (QED) is 0.737. The third-order valence-electron chi connectivity index (χ3n) is 3.03. The van der Waals surface area contributed by atoms with E-state index in [4.69, 9.17) is 26.8 Å². The molecule has 0 bridgehead atoms. The molecule has 1 atom stereocenters. The van der Waals surface area contributed by atoms with Crippen LogP contribution in [0.25, 0.3) is 0 Å². The highest BCUT2D eigenvalue weighted by Crippen LogP contribution is 2.25. The lowest BCUT2D eigenvalue weighted by Crippen LogP contribution is -2.39. The minimum absolute atomic E-state index is 0.0478. The van der Waals surface area contributed by atoms with Gasteiger partial charge in [-0.05, 0) is 25.4 Å². The molecule has 1 amide bonds. The number of hydrogen-bond donors (Lipinski definition) is 1. The van der Waals surface area contributed by atoms with Crippen molar-refractivity contribution in [3.05, 3.63) is 17.0 Å². The maximum atomic E-state index is 12.1. The van der Waals surface area contributed by atoms with Gasteiger partial charge < -0.3 is 15.2 Å². The van der Waals surface area contributed by atoms with E-state index < -0.39 is 27.8 Å². The van der Waals surface area contributed by atoms with Gasteiger partial charge in [0.15, 0.2) is 5.79 Å². The molecule has 1 aromatic heterocycles. The molecule has 1 aromatic rings. The van der Waals surface area contributed by atoms with Gasteiger partial charge in [-0.1, -0.05) is 0 Å². The van der Waals surface area contributed by atoms with E-state index in [1.165, 1.54) is 0 Å². The zero-order valence-electron chi connectivity index (χ0n) is 12.8. The van der Waals surface area contributed by atoms with Crippen LogP contribution in [-0.4, -0.2) is 55.6 Å². The first kappa shape index (κ1) is 17.9. The smallest absolute Gasteiger partial charge is 0.267 e. The minimum Gasteiger partial charge on any atom is -0.364 e. The fourth-order valence-corrected chi connectivity index (χ4v) is 3.14. The maximum Gasteiger partial charge on any atom is 0.267 e. The van der Waals surface area contributed by atoms with Gasteiger partial charge in [-0.15, -0.1) is 0 Å². The number of carbonyl (C=O) groups excluding carboxylic acids is 1. The highest BCUT2D eigenvalue weighted by Gasteiger charge is 2.36. The lowest BCUT2D eigenvalue weighted by molar-refractivity contribution is -0.136. The van der Waals surface area contributed by atoms with Crippen LogP contribution in [0.15, 0.2) is 6.07 Å². The molecule has 2 rings (SSSR count). The highest BCUT2D eigenvalue weighted by atomic mass is 35.5. The fourth-order valence-electron chi connectivity index (χ4n) is 2.10. The van der Waals surface area contributed by atoms with E-state index in [1.54, 1.807) is 13.8 Å². The molecule has 11 heteroatoms. The van der Waals surface area contributed by atoms with Crippen molar-refractivity contribution in [2.75, 3.05) is 23.7 Å². The Labute approximate surface area is 138 Å². The summed E-state index contributed by atoms with van der Waals surface area (Å²) in [6.07, 6.45) is 0.513. The van der Waals surface area contributed by atoms with Gasteiger partial charge in [-0.3, -0.25) is 9.10 Å². The van der Waals surface area contributed by atoms with Crippen LogP contribution >= 0.6 is 11.6 Å². The van der Waals surface area contributed by atoms with Crippen molar-refractivity contribution in [1.29, 1.82) is 0 Å². The average Bonchev–Trinajstić information content (AvgIpc) is 2.73. The van der Waals surface area contributed by atoms with Crippen molar-refractivity contribution in [2.24, 2.45) is 5.73 Å². The SMILES string of the molecule is CC1(C)OC[C@H](CN(c2cc(C(N)=O)nc(Cl)n2)S(C)(=O)=O)O1. The van der Waals surface area contributed by atoms with E-state index in [9.17, 15) is 13.2 Å². The summed E-state index contributed by atoms with van der Waals surface area (Å²) in [4.78, 5) is 18.8. The van der Waals surface area contributed by atoms with Crippen molar-refractivity contribution in [3.63, 3.8) is 0 Å². The third kappa shape index (κ3) is 4.50. The lowest BCUT2D eigenvalue weighted by atomic mass is 10.3. The molecule has 1 aliphatic heterocycles. The van der Waals surface area contributed by atoms with Crippen LogP contribution in [0.3, 0.4) is 0 Å². The molecule has 2 N–H and O–H groups in total. The number of hydrogen-bond acceptors (Lipinski definition) is 7. The Morgan fingerprint density at radius 3 is 2.65 bits per heavy atom. The summed E-state index contributed by atoms with van der Waals surface area (Å²) in [5, 5.41) is -0.283. The summed E-state index contributed by atoms with van der Waals surface area (Å²) in [6.45, 7) is 3.63. The van der Waals surface area contributed by atoms with Crippen molar-refractivity contribution >= 4 is 33.3 Å². The van der Waals surface area contributed by atoms with Crippen LogP contribution in [0.2, 0.25) is 5.28 Å². The number of halogens is 1. The number of anilines is 1. The van der Waals surface area contributed by atoms with Crippen molar-refractivity contribution in [3.8, 4) is 0 Å². The Morgan fingerprint density at radius 1 is 1.52 bits per heavy atom. The van der Waals surface area contributed by atoms with E-state index >= 15 is 0 Å². The number of nitrogens with two attached hydrogens (primary N) is 1. The van der Waals surface area contributed by atoms with Crippen LogP contribution in [0.1, 0.15) is 24.3 Å². The van der Waals surface area contributed by atoms with Gasteiger partial charge in [-0.25, -0.2) is 13.4 Å². The van der Waals surface area contributed by atoms with Crippen LogP contribution in [0, 0.1) is 0 Å². The van der Waals surface area contributed by atoms with E-state index in [0.29, 0.717) is 0 Å². The zero-order chi connectivity index (χ0) is 17.4. The van der Waals surface area contributed by atoms with E-state index in [-0.39, 0.29) is 29.9 Å². The first-order valence-electron chi connectivity index (χ1n) is 6.62. The second-order valence-electron chi connectivity index (χ2n) is 5.49. The van der Waals surface area contributed by atoms with Gasteiger partial charge in [0.1, 0.15) is 17.6 Å². The Morgan fingerprint density at radius 2 is 2.17 bits per heavy atom. The average molecular weight is 365 g/mol. The molecule has 1 aliphatic rings. The van der Waals surface area contributed by atoms with Gasteiger partial charge in [0.05, 0.1) is 19.4 Å². The summed E-state index contributed by atoms with van der Waals surface area (Å²) in [5.74, 6) is -1.70. The first-order valence-corrected chi connectivity index (χ1v) is 8.84. The van der Waals surface area contributed by atoms with Gasteiger partial charge in [0.2, 0.25) is 15.3 Å². The molecule has 1 saturated heterocycles. The molecule has 0 aromatic carbocycles. The van der Waals surface area contributed by atoms with Crippen molar-refractivity contribution in [2.45, 2.75) is 25.7 Å². The number of carbonyl (C=O) groups is 1. The molecule has 128 valence electrons. The standard InChI is InChI=1S/C12H17ClN4O5S/c1-12(2)21-6-7(22-12)5-17(23(3,19)20)9-4-8(10(14)18)15-11(13)16-9/h4,7H,5-6H2,1-3H3,(H2,14,18)/t7-/m0/s1. The Bertz CT molecular complexity index is 724.